The second-order valence-corrected chi connectivity index (χ2v) is 3.10. The van der Waals surface area contributed by atoms with Gasteiger partial charge in [0.05, 0.1) is 0 Å². The number of hydrogen-bond donors (Lipinski definition) is 0. The first-order chi connectivity index (χ1) is 5.80. The molecule has 0 saturated heterocycles. The van der Waals surface area contributed by atoms with Gasteiger partial charge in [0, 0.05) is 0 Å². The SMILES string of the molecule is CCc1[c-]c(CC)cc(CC)c1.[Cu+]. The van der Waals surface area contributed by atoms with Crippen LogP contribution in [0.3, 0.4) is 0 Å². The predicted molar refractivity (Wildman–Crippen MR) is 53.4 cm³/mol. The average molecular weight is 225 g/mol. The summed E-state index contributed by atoms with van der Waals surface area (Å²) in [6.45, 7) is 6.57. The van der Waals surface area contributed by atoms with E-state index in [0.29, 0.717) is 0 Å². The van der Waals surface area contributed by atoms with Gasteiger partial charge in [-0.1, -0.05) is 40.0 Å². The van der Waals surface area contributed by atoms with Crippen molar-refractivity contribution in [2.24, 2.45) is 0 Å². The quantitative estimate of drug-likeness (QED) is 0.547. The Morgan fingerprint density at radius 2 is 1.38 bits per heavy atom. The van der Waals surface area contributed by atoms with Crippen molar-refractivity contribution in [3.05, 3.63) is 34.9 Å². The van der Waals surface area contributed by atoms with Crippen molar-refractivity contribution in [2.75, 3.05) is 0 Å². The maximum atomic E-state index is 3.42. The standard InChI is InChI=1S/C12H17.Cu/c1-4-10-7-11(5-2)9-12(6-3)8-10;/h7-8H,4-6H2,1-3H3;/q-1;+1. The van der Waals surface area contributed by atoms with Crippen LogP contribution in [0.25, 0.3) is 0 Å². The van der Waals surface area contributed by atoms with Crippen LogP contribution in [0.5, 0.6) is 0 Å². The molecule has 0 aliphatic heterocycles. The number of rotatable bonds is 3. The molecular weight excluding hydrogens is 208 g/mol. The van der Waals surface area contributed by atoms with Gasteiger partial charge in [-0.25, -0.2) is 0 Å². The van der Waals surface area contributed by atoms with Crippen LogP contribution in [0, 0.1) is 6.07 Å². The van der Waals surface area contributed by atoms with Crippen LogP contribution in [0.4, 0.5) is 0 Å². The van der Waals surface area contributed by atoms with Crippen molar-refractivity contribution in [1.82, 2.24) is 0 Å². The minimum absolute atomic E-state index is 0. The summed E-state index contributed by atoms with van der Waals surface area (Å²) in [6, 6.07) is 7.94. The number of benzene rings is 1. The first-order valence-electron chi connectivity index (χ1n) is 4.84. The fourth-order valence-electron chi connectivity index (χ4n) is 1.35. The van der Waals surface area contributed by atoms with Gasteiger partial charge in [0.25, 0.3) is 0 Å². The van der Waals surface area contributed by atoms with Crippen LogP contribution < -0.4 is 0 Å². The second-order valence-electron chi connectivity index (χ2n) is 3.10. The Bertz CT molecular complexity index is 198. The van der Waals surface area contributed by atoms with E-state index < -0.39 is 0 Å². The normalized spacial score (nSPS) is 9.46. The maximum absolute atomic E-state index is 3.42. The van der Waals surface area contributed by atoms with Gasteiger partial charge in [-0.15, -0.1) is 0 Å². The Balaban J connectivity index is 0.00000144. The third-order valence-corrected chi connectivity index (χ3v) is 2.21. The molecule has 0 heterocycles. The van der Waals surface area contributed by atoms with Gasteiger partial charge in [0.1, 0.15) is 0 Å². The zero-order valence-electron chi connectivity index (χ0n) is 8.58. The molecule has 0 nitrogen and oxygen atoms in total. The van der Waals surface area contributed by atoms with Crippen LogP contribution in [0.1, 0.15) is 37.5 Å². The molecule has 1 heteroatoms. The van der Waals surface area contributed by atoms with Crippen LogP contribution >= 0.6 is 0 Å². The van der Waals surface area contributed by atoms with Crippen LogP contribution in [0.15, 0.2) is 12.1 Å². The minimum Gasteiger partial charge on any atom is -0.177 e. The van der Waals surface area contributed by atoms with Crippen LogP contribution in [-0.4, -0.2) is 0 Å². The third-order valence-electron chi connectivity index (χ3n) is 2.21. The average Bonchev–Trinajstić information content (AvgIpc) is 2.16. The van der Waals surface area contributed by atoms with E-state index in [1.54, 1.807) is 0 Å². The topological polar surface area (TPSA) is 0 Å². The first-order valence-corrected chi connectivity index (χ1v) is 4.84. The van der Waals surface area contributed by atoms with Crippen molar-refractivity contribution >= 4 is 0 Å². The molecule has 0 aromatic heterocycles. The smallest absolute Gasteiger partial charge is 0.177 e. The van der Waals surface area contributed by atoms with E-state index in [-0.39, 0.29) is 17.1 Å². The molecule has 1 rings (SSSR count). The Kier molecular flexibility index (Phi) is 6.11. The Morgan fingerprint density at radius 3 is 1.69 bits per heavy atom. The molecule has 0 N–H and O–H groups in total. The molecule has 0 atom stereocenters. The third kappa shape index (κ3) is 3.54. The molecule has 0 amide bonds. The molecule has 13 heavy (non-hydrogen) atoms. The van der Waals surface area contributed by atoms with Gasteiger partial charge in [-0.05, 0) is 0 Å². The van der Waals surface area contributed by atoms with Crippen molar-refractivity contribution in [3.63, 3.8) is 0 Å². The number of aryl methyl sites for hydroxylation is 3. The Labute approximate surface area is 92.2 Å². The van der Waals surface area contributed by atoms with E-state index in [1.165, 1.54) is 16.7 Å². The monoisotopic (exact) mass is 224 g/mol. The molecule has 0 spiro atoms. The van der Waals surface area contributed by atoms with Crippen molar-refractivity contribution < 1.29 is 17.1 Å². The summed E-state index contributed by atoms with van der Waals surface area (Å²) < 4.78 is 0. The fraction of sp³-hybridized carbons (Fsp3) is 0.500. The Hall–Kier alpha value is -0.261. The Morgan fingerprint density at radius 1 is 0.923 bits per heavy atom. The molecular formula is C12H17Cu. The predicted octanol–water partition coefficient (Wildman–Crippen LogP) is 3.17. The molecule has 0 radical (unpaired) electrons. The summed E-state index contributed by atoms with van der Waals surface area (Å²) >= 11 is 0. The van der Waals surface area contributed by atoms with Crippen LogP contribution in [0.2, 0.25) is 0 Å². The zero-order valence-corrected chi connectivity index (χ0v) is 9.52. The molecule has 76 valence electrons. The molecule has 0 aliphatic carbocycles. The fourth-order valence-corrected chi connectivity index (χ4v) is 1.35. The zero-order chi connectivity index (χ0) is 8.97. The van der Waals surface area contributed by atoms with Crippen LogP contribution in [-0.2, 0) is 36.3 Å². The molecule has 0 unspecified atom stereocenters. The van der Waals surface area contributed by atoms with Crippen molar-refractivity contribution in [1.29, 1.82) is 0 Å². The summed E-state index contributed by atoms with van der Waals surface area (Å²) in [7, 11) is 0. The maximum Gasteiger partial charge on any atom is 1.00 e. The van der Waals surface area contributed by atoms with Gasteiger partial charge in [0.15, 0.2) is 0 Å². The first kappa shape index (κ1) is 12.7. The minimum atomic E-state index is 0. The van der Waals surface area contributed by atoms with Gasteiger partial charge in [-0.2, -0.15) is 34.9 Å². The van der Waals surface area contributed by atoms with E-state index >= 15 is 0 Å². The molecule has 0 bridgehead atoms. The van der Waals surface area contributed by atoms with E-state index in [1.807, 2.05) is 0 Å². The largest absolute Gasteiger partial charge is 1.00 e. The van der Waals surface area contributed by atoms with Crippen molar-refractivity contribution in [2.45, 2.75) is 40.0 Å². The number of hydrogen-bond acceptors (Lipinski definition) is 0. The molecule has 1 aromatic carbocycles. The second kappa shape index (κ2) is 6.23. The summed E-state index contributed by atoms with van der Waals surface area (Å²) in [6.07, 6.45) is 3.33. The van der Waals surface area contributed by atoms with E-state index in [2.05, 4.69) is 39.0 Å². The summed E-state index contributed by atoms with van der Waals surface area (Å²) in [5.41, 5.74) is 4.15. The molecule has 1 aromatic rings. The summed E-state index contributed by atoms with van der Waals surface area (Å²) in [5, 5.41) is 0. The van der Waals surface area contributed by atoms with Gasteiger partial charge in [0.2, 0.25) is 0 Å². The summed E-state index contributed by atoms with van der Waals surface area (Å²) in [4.78, 5) is 0. The van der Waals surface area contributed by atoms with Gasteiger partial charge in [-0.3, -0.25) is 0 Å². The summed E-state index contributed by atoms with van der Waals surface area (Å²) in [5.74, 6) is 0. The van der Waals surface area contributed by atoms with E-state index in [4.69, 9.17) is 0 Å². The van der Waals surface area contributed by atoms with Gasteiger partial charge >= 0.3 is 17.1 Å². The molecule has 0 saturated carbocycles. The van der Waals surface area contributed by atoms with Crippen molar-refractivity contribution in [3.8, 4) is 0 Å². The van der Waals surface area contributed by atoms with E-state index in [0.717, 1.165) is 19.3 Å². The molecule has 0 aliphatic rings. The van der Waals surface area contributed by atoms with Gasteiger partial charge < -0.3 is 0 Å². The molecule has 0 fully saturated rings. The van der Waals surface area contributed by atoms with E-state index in [9.17, 15) is 0 Å².